The van der Waals surface area contributed by atoms with Crippen molar-refractivity contribution in [1.82, 2.24) is 25.3 Å². The number of aryl methyl sites for hydroxylation is 1. The van der Waals surface area contributed by atoms with E-state index in [0.717, 1.165) is 5.56 Å². The van der Waals surface area contributed by atoms with Crippen LogP contribution in [-0.2, 0) is 11.8 Å². The number of nitrogens with zero attached hydrogens (tertiary/aromatic N) is 3. The Morgan fingerprint density at radius 3 is 2.56 bits per heavy atom. The summed E-state index contributed by atoms with van der Waals surface area (Å²) in [6, 6.07) is 15.9. The number of benzene rings is 2. The molecule has 1 atom stereocenters. The Morgan fingerprint density at radius 2 is 1.88 bits per heavy atom. The molecule has 162 valence electrons. The van der Waals surface area contributed by atoms with Crippen LogP contribution >= 0.6 is 0 Å². The first-order valence-corrected chi connectivity index (χ1v) is 9.83. The van der Waals surface area contributed by atoms with Crippen molar-refractivity contribution in [3.8, 4) is 11.3 Å². The van der Waals surface area contributed by atoms with Crippen molar-refractivity contribution in [1.29, 1.82) is 0 Å². The molecule has 8 nitrogen and oxygen atoms in total. The third-order valence-electron chi connectivity index (χ3n) is 4.84. The second kappa shape index (κ2) is 9.25. The molecule has 4 aromatic rings. The van der Waals surface area contributed by atoms with E-state index in [2.05, 4.69) is 20.8 Å². The number of rotatable bonds is 7. The lowest BCUT2D eigenvalue weighted by Gasteiger charge is -2.19. The van der Waals surface area contributed by atoms with Crippen molar-refractivity contribution >= 4 is 11.8 Å². The molecule has 0 bridgehead atoms. The largest absolute Gasteiger partial charge is 0.355 e. The van der Waals surface area contributed by atoms with Gasteiger partial charge in [-0.05, 0) is 17.7 Å². The zero-order chi connectivity index (χ0) is 22.5. The molecule has 0 saturated heterocycles. The maximum Gasteiger partial charge on any atom is 0.273 e. The molecule has 0 saturated carbocycles. The molecule has 32 heavy (non-hydrogen) atoms. The van der Waals surface area contributed by atoms with E-state index in [-0.39, 0.29) is 18.1 Å². The van der Waals surface area contributed by atoms with Gasteiger partial charge in [0.2, 0.25) is 5.91 Å². The lowest BCUT2D eigenvalue weighted by atomic mass is 10.1. The van der Waals surface area contributed by atoms with E-state index in [1.807, 2.05) is 30.3 Å². The molecule has 2 aromatic heterocycles. The van der Waals surface area contributed by atoms with E-state index < -0.39 is 17.9 Å². The van der Waals surface area contributed by atoms with Crippen molar-refractivity contribution in [2.75, 3.05) is 6.54 Å². The molecule has 0 radical (unpaired) electrons. The number of aromatic nitrogens is 3. The molecule has 9 heteroatoms. The fourth-order valence-electron chi connectivity index (χ4n) is 3.19. The second-order valence-electron chi connectivity index (χ2n) is 7.07. The molecular formula is C23H20FN5O3. The predicted octanol–water partition coefficient (Wildman–Crippen LogP) is 2.85. The van der Waals surface area contributed by atoms with Gasteiger partial charge in [0.15, 0.2) is 11.5 Å². The summed E-state index contributed by atoms with van der Waals surface area (Å²) >= 11 is 0. The first-order valence-electron chi connectivity index (χ1n) is 9.83. The smallest absolute Gasteiger partial charge is 0.273 e. The van der Waals surface area contributed by atoms with E-state index in [0.29, 0.717) is 17.1 Å². The van der Waals surface area contributed by atoms with Gasteiger partial charge in [-0.1, -0.05) is 47.6 Å². The number of imidazole rings is 1. The van der Waals surface area contributed by atoms with Crippen LogP contribution in [0.3, 0.4) is 0 Å². The summed E-state index contributed by atoms with van der Waals surface area (Å²) in [5.41, 5.74) is 1.51. The van der Waals surface area contributed by atoms with E-state index in [1.165, 1.54) is 18.2 Å². The van der Waals surface area contributed by atoms with Crippen LogP contribution in [0.4, 0.5) is 4.39 Å². The number of carbonyl (C=O) groups excluding carboxylic acids is 2. The third-order valence-corrected chi connectivity index (χ3v) is 4.84. The lowest BCUT2D eigenvalue weighted by molar-refractivity contribution is -0.120. The van der Waals surface area contributed by atoms with Gasteiger partial charge >= 0.3 is 0 Å². The van der Waals surface area contributed by atoms with Crippen LogP contribution in [0.5, 0.6) is 0 Å². The van der Waals surface area contributed by atoms with Gasteiger partial charge in [0.25, 0.3) is 5.91 Å². The van der Waals surface area contributed by atoms with E-state index >= 15 is 0 Å². The Kier molecular flexibility index (Phi) is 6.07. The van der Waals surface area contributed by atoms with Gasteiger partial charge in [-0.3, -0.25) is 9.59 Å². The summed E-state index contributed by atoms with van der Waals surface area (Å²) in [6.07, 6.45) is 3.35. The maximum atomic E-state index is 13.3. The maximum absolute atomic E-state index is 13.3. The van der Waals surface area contributed by atoms with Gasteiger partial charge < -0.3 is 19.7 Å². The number of halogens is 1. The minimum absolute atomic E-state index is 0.0656. The Balaban J connectivity index is 1.41. The summed E-state index contributed by atoms with van der Waals surface area (Å²) in [6.45, 7) is -0.283. The molecule has 0 aliphatic carbocycles. The van der Waals surface area contributed by atoms with Crippen LogP contribution < -0.4 is 10.6 Å². The summed E-state index contributed by atoms with van der Waals surface area (Å²) < 4.78 is 20.3. The molecular weight excluding hydrogens is 413 g/mol. The van der Waals surface area contributed by atoms with Gasteiger partial charge in [0, 0.05) is 31.1 Å². The highest BCUT2D eigenvalue weighted by molar-refractivity contribution is 5.95. The number of amides is 2. The first kappa shape index (κ1) is 21.0. The lowest BCUT2D eigenvalue weighted by Crippen LogP contribution is -2.39. The minimum Gasteiger partial charge on any atom is -0.355 e. The van der Waals surface area contributed by atoms with Crippen molar-refractivity contribution < 1.29 is 18.5 Å². The Hall–Kier alpha value is -4.27. The molecule has 0 aliphatic rings. The number of hydrogen-bond donors (Lipinski definition) is 2. The highest BCUT2D eigenvalue weighted by Gasteiger charge is 2.22. The number of hydrogen-bond acceptors (Lipinski definition) is 5. The molecule has 2 N–H and O–H groups in total. The van der Waals surface area contributed by atoms with Gasteiger partial charge in [-0.15, -0.1) is 0 Å². The molecule has 1 unspecified atom stereocenters. The average molecular weight is 433 g/mol. The van der Waals surface area contributed by atoms with Crippen LogP contribution in [-0.4, -0.2) is 33.1 Å². The van der Waals surface area contributed by atoms with Crippen LogP contribution in [0.2, 0.25) is 0 Å². The highest BCUT2D eigenvalue weighted by atomic mass is 19.1. The van der Waals surface area contributed by atoms with E-state index in [1.54, 1.807) is 36.1 Å². The summed E-state index contributed by atoms with van der Waals surface area (Å²) in [5, 5.41) is 9.13. The zero-order valence-electron chi connectivity index (χ0n) is 17.2. The predicted molar refractivity (Wildman–Crippen MR) is 114 cm³/mol. The van der Waals surface area contributed by atoms with Crippen LogP contribution in [0, 0.1) is 5.82 Å². The molecule has 0 spiro atoms. The molecule has 4 rings (SSSR count). The molecule has 2 aromatic carbocycles. The van der Waals surface area contributed by atoms with Crippen molar-refractivity contribution in [2.45, 2.75) is 6.04 Å². The molecule has 0 aliphatic heterocycles. The van der Waals surface area contributed by atoms with E-state index in [9.17, 15) is 14.0 Å². The highest BCUT2D eigenvalue weighted by Crippen LogP contribution is 2.21. The summed E-state index contributed by atoms with van der Waals surface area (Å²) in [5.74, 6) is -0.344. The van der Waals surface area contributed by atoms with Gasteiger partial charge in [-0.25, -0.2) is 9.37 Å². The van der Waals surface area contributed by atoms with Crippen molar-refractivity contribution in [2.24, 2.45) is 7.05 Å². The van der Waals surface area contributed by atoms with Crippen LogP contribution in [0.25, 0.3) is 11.3 Å². The topological polar surface area (TPSA) is 102 Å². The Labute approximate surface area is 183 Å². The zero-order valence-corrected chi connectivity index (χ0v) is 17.2. The van der Waals surface area contributed by atoms with Gasteiger partial charge in [0.1, 0.15) is 17.7 Å². The number of nitrogens with one attached hydrogen (secondary N) is 2. The molecule has 2 amide bonds. The normalized spacial score (nSPS) is 11.7. The number of carbonyl (C=O) groups is 2. The quantitative estimate of drug-likeness (QED) is 0.467. The standard InChI is InChI=1S/C23H20FN5O3/c1-29-12-11-25-22(29)21(16-7-9-17(24)10-8-16)27-20(30)14-26-23(31)18-13-19(32-28-18)15-5-3-2-4-6-15/h2-13,21H,14H2,1H3,(H,26,31)(H,27,30). The fourth-order valence-corrected chi connectivity index (χ4v) is 3.19. The SMILES string of the molecule is Cn1ccnc1C(NC(=O)CNC(=O)c1cc(-c2ccccc2)on1)c1ccc(F)cc1. The third kappa shape index (κ3) is 4.72. The fraction of sp³-hybridized carbons (Fsp3) is 0.130. The summed E-state index contributed by atoms with van der Waals surface area (Å²) in [4.78, 5) is 29.3. The Bertz CT molecular complexity index is 1220. The van der Waals surface area contributed by atoms with Crippen LogP contribution in [0.1, 0.15) is 27.9 Å². The van der Waals surface area contributed by atoms with Crippen LogP contribution in [0.15, 0.2) is 77.6 Å². The van der Waals surface area contributed by atoms with Gasteiger partial charge in [0.05, 0.1) is 6.54 Å². The average Bonchev–Trinajstić information content (AvgIpc) is 3.47. The van der Waals surface area contributed by atoms with Crippen molar-refractivity contribution in [3.05, 3.63) is 96.0 Å². The van der Waals surface area contributed by atoms with Crippen molar-refractivity contribution in [3.63, 3.8) is 0 Å². The first-order chi connectivity index (χ1) is 15.5. The monoisotopic (exact) mass is 433 g/mol. The summed E-state index contributed by atoms with van der Waals surface area (Å²) in [7, 11) is 1.79. The molecule has 0 fully saturated rings. The molecule has 2 heterocycles. The second-order valence-corrected chi connectivity index (χ2v) is 7.07. The van der Waals surface area contributed by atoms with Gasteiger partial charge in [-0.2, -0.15) is 0 Å². The Morgan fingerprint density at radius 1 is 1.12 bits per heavy atom. The van der Waals surface area contributed by atoms with E-state index in [4.69, 9.17) is 4.52 Å². The minimum atomic E-state index is -0.614.